The van der Waals surface area contributed by atoms with Gasteiger partial charge in [-0.25, -0.2) is 0 Å². The first-order chi connectivity index (χ1) is 10.4. The predicted molar refractivity (Wildman–Crippen MR) is 82.0 cm³/mol. The first-order valence-corrected chi connectivity index (χ1v) is 7.33. The third-order valence-electron chi connectivity index (χ3n) is 3.75. The van der Waals surface area contributed by atoms with Crippen molar-refractivity contribution in [1.29, 1.82) is 0 Å². The van der Waals surface area contributed by atoms with Crippen LogP contribution in [0.2, 0.25) is 5.02 Å². The number of carbonyl (C=O) groups excluding carboxylic acids is 3. The van der Waals surface area contributed by atoms with Gasteiger partial charge in [-0.1, -0.05) is 23.7 Å². The summed E-state index contributed by atoms with van der Waals surface area (Å²) in [6.07, 6.45) is 0.180. The molecule has 0 aromatic heterocycles. The predicted octanol–water partition coefficient (Wildman–Crippen LogP) is 0.331. The number of amides is 3. The number of primary amides is 1. The van der Waals surface area contributed by atoms with Crippen LogP contribution in [0.25, 0.3) is 0 Å². The molecule has 0 radical (unpaired) electrons. The van der Waals surface area contributed by atoms with Crippen LogP contribution in [0.3, 0.4) is 0 Å². The molecule has 1 aliphatic rings. The lowest BCUT2D eigenvalue weighted by molar-refractivity contribution is -0.128. The van der Waals surface area contributed by atoms with Gasteiger partial charge in [0.2, 0.25) is 17.7 Å². The molecule has 1 saturated heterocycles. The lowest BCUT2D eigenvalue weighted by atomic mass is 10.0. The molecule has 1 aromatic carbocycles. The molecule has 2 rings (SSSR count). The number of hydrogen-bond acceptors (Lipinski definition) is 3. The Hall–Kier alpha value is -2.08. The van der Waals surface area contributed by atoms with Crippen LogP contribution in [0.4, 0.5) is 0 Å². The molecule has 6 nitrogen and oxygen atoms in total. The summed E-state index contributed by atoms with van der Waals surface area (Å²) in [5, 5.41) is 3.39. The molecule has 0 unspecified atom stereocenters. The molecule has 3 N–H and O–H groups in total. The number of nitrogens with one attached hydrogen (secondary N) is 1. The SMILES string of the molecule is CC(=O)N1C[C@H](NC(=O)Cc2ccc(Cl)cc2)[C@H](C(N)=O)C1. The van der Waals surface area contributed by atoms with Gasteiger partial charge in [0.1, 0.15) is 0 Å². The summed E-state index contributed by atoms with van der Waals surface area (Å²) in [4.78, 5) is 36.5. The van der Waals surface area contributed by atoms with Gasteiger partial charge in [0.25, 0.3) is 0 Å². The smallest absolute Gasteiger partial charge is 0.224 e. The van der Waals surface area contributed by atoms with Crippen molar-refractivity contribution in [3.8, 4) is 0 Å². The van der Waals surface area contributed by atoms with Crippen LogP contribution >= 0.6 is 11.6 Å². The van der Waals surface area contributed by atoms with E-state index in [2.05, 4.69) is 5.32 Å². The van der Waals surface area contributed by atoms with Crippen LogP contribution in [0.1, 0.15) is 12.5 Å². The van der Waals surface area contributed by atoms with Gasteiger partial charge in [0, 0.05) is 25.0 Å². The third-order valence-corrected chi connectivity index (χ3v) is 4.01. The average Bonchev–Trinajstić information content (AvgIpc) is 2.85. The van der Waals surface area contributed by atoms with E-state index in [1.165, 1.54) is 11.8 Å². The van der Waals surface area contributed by atoms with Crippen molar-refractivity contribution in [3.05, 3.63) is 34.9 Å². The summed E-state index contributed by atoms with van der Waals surface area (Å²) in [6.45, 7) is 1.97. The largest absolute Gasteiger partial charge is 0.369 e. The van der Waals surface area contributed by atoms with Crippen molar-refractivity contribution < 1.29 is 14.4 Å². The fraction of sp³-hybridized carbons (Fsp3) is 0.400. The molecule has 0 aliphatic carbocycles. The molecule has 118 valence electrons. The van der Waals surface area contributed by atoms with Crippen LogP contribution in [0, 0.1) is 5.92 Å². The summed E-state index contributed by atoms with van der Waals surface area (Å²) >= 11 is 5.80. The van der Waals surface area contributed by atoms with Gasteiger partial charge >= 0.3 is 0 Å². The minimum Gasteiger partial charge on any atom is -0.369 e. The Labute approximate surface area is 133 Å². The maximum Gasteiger partial charge on any atom is 0.224 e. The minimum absolute atomic E-state index is 0.138. The highest BCUT2D eigenvalue weighted by molar-refractivity contribution is 6.30. The molecule has 3 amide bonds. The van der Waals surface area contributed by atoms with E-state index < -0.39 is 17.9 Å². The van der Waals surface area contributed by atoms with Crippen LogP contribution in [-0.4, -0.2) is 41.8 Å². The van der Waals surface area contributed by atoms with Gasteiger partial charge in [-0.15, -0.1) is 0 Å². The van der Waals surface area contributed by atoms with E-state index in [1.807, 2.05) is 0 Å². The van der Waals surface area contributed by atoms with Crippen LogP contribution in [0.15, 0.2) is 24.3 Å². The van der Waals surface area contributed by atoms with E-state index >= 15 is 0 Å². The second kappa shape index (κ2) is 6.79. The Morgan fingerprint density at radius 3 is 2.45 bits per heavy atom. The molecule has 7 heteroatoms. The topological polar surface area (TPSA) is 92.5 Å². The van der Waals surface area contributed by atoms with Gasteiger partial charge in [0.15, 0.2) is 0 Å². The molecule has 2 atom stereocenters. The Kier molecular flexibility index (Phi) is 5.03. The van der Waals surface area contributed by atoms with Crippen molar-refractivity contribution in [2.24, 2.45) is 11.7 Å². The normalized spacial score (nSPS) is 20.7. The Morgan fingerprint density at radius 2 is 1.91 bits per heavy atom. The van der Waals surface area contributed by atoms with Gasteiger partial charge in [0.05, 0.1) is 18.4 Å². The van der Waals surface area contributed by atoms with Crippen molar-refractivity contribution in [2.75, 3.05) is 13.1 Å². The quantitative estimate of drug-likeness (QED) is 0.836. The summed E-state index contributed by atoms with van der Waals surface area (Å²) < 4.78 is 0. The number of halogens is 1. The van der Waals surface area contributed by atoms with E-state index in [0.29, 0.717) is 11.6 Å². The molecular weight excluding hydrogens is 306 g/mol. The Morgan fingerprint density at radius 1 is 1.27 bits per heavy atom. The van der Waals surface area contributed by atoms with E-state index in [-0.39, 0.29) is 24.8 Å². The van der Waals surface area contributed by atoms with Crippen molar-refractivity contribution >= 4 is 29.3 Å². The summed E-state index contributed by atoms with van der Waals surface area (Å²) in [6, 6.07) is 6.52. The van der Waals surface area contributed by atoms with Crippen LogP contribution < -0.4 is 11.1 Å². The highest BCUT2D eigenvalue weighted by Gasteiger charge is 2.38. The van der Waals surface area contributed by atoms with Gasteiger partial charge in [-0.3, -0.25) is 14.4 Å². The fourth-order valence-electron chi connectivity index (χ4n) is 2.54. The average molecular weight is 324 g/mol. The summed E-state index contributed by atoms with van der Waals surface area (Å²) in [7, 11) is 0. The second-order valence-electron chi connectivity index (χ2n) is 5.41. The van der Waals surface area contributed by atoms with E-state index in [9.17, 15) is 14.4 Å². The highest BCUT2D eigenvalue weighted by Crippen LogP contribution is 2.17. The first kappa shape index (κ1) is 16.3. The highest BCUT2D eigenvalue weighted by atomic mass is 35.5. The van der Waals surface area contributed by atoms with Crippen molar-refractivity contribution in [3.63, 3.8) is 0 Å². The first-order valence-electron chi connectivity index (χ1n) is 6.95. The number of rotatable bonds is 4. The number of likely N-dealkylation sites (tertiary alicyclic amines) is 1. The molecule has 22 heavy (non-hydrogen) atoms. The third kappa shape index (κ3) is 3.98. The van der Waals surface area contributed by atoms with Gasteiger partial charge in [-0.2, -0.15) is 0 Å². The molecular formula is C15H18ClN3O3. The Bertz CT molecular complexity index is 588. The maximum absolute atomic E-state index is 12.1. The van der Waals surface area contributed by atoms with Crippen LogP contribution in [-0.2, 0) is 20.8 Å². The number of hydrogen-bond donors (Lipinski definition) is 2. The lowest BCUT2D eigenvalue weighted by Gasteiger charge is -2.17. The molecule has 1 fully saturated rings. The van der Waals surface area contributed by atoms with Gasteiger partial charge < -0.3 is 16.0 Å². The molecule has 1 aromatic rings. The molecule has 0 bridgehead atoms. The molecule has 0 saturated carbocycles. The van der Waals surface area contributed by atoms with Crippen molar-refractivity contribution in [1.82, 2.24) is 10.2 Å². The number of nitrogens with two attached hydrogens (primary N) is 1. The number of benzene rings is 1. The second-order valence-corrected chi connectivity index (χ2v) is 5.85. The number of carbonyl (C=O) groups is 3. The molecule has 1 aliphatic heterocycles. The molecule has 0 spiro atoms. The number of nitrogens with zero attached hydrogens (tertiary/aromatic N) is 1. The summed E-state index contributed by atoms with van der Waals surface area (Å²) in [5.74, 6) is -1.43. The van der Waals surface area contributed by atoms with E-state index in [4.69, 9.17) is 17.3 Å². The maximum atomic E-state index is 12.1. The van der Waals surface area contributed by atoms with Gasteiger partial charge in [-0.05, 0) is 17.7 Å². The minimum atomic E-state index is -0.557. The zero-order valence-corrected chi connectivity index (χ0v) is 13.0. The zero-order valence-electron chi connectivity index (χ0n) is 12.2. The fourth-order valence-corrected chi connectivity index (χ4v) is 2.67. The Balaban J connectivity index is 1.98. The standard InChI is InChI=1S/C15H18ClN3O3/c1-9(20)19-7-12(15(17)22)13(8-19)18-14(21)6-10-2-4-11(16)5-3-10/h2-5,12-13H,6-8H2,1H3,(H2,17,22)(H,18,21)/t12-,13+/m1/s1. The lowest BCUT2D eigenvalue weighted by Crippen LogP contribution is -2.45. The summed E-state index contributed by atoms with van der Waals surface area (Å²) in [5.41, 5.74) is 6.17. The van der Waals surface area contributed by atoms with E-state index in [0.717, 1.165) is 5.56 Å². The molecule has 1 heterocycles. The zero-order chi connectivity index (χ0) is 16.3. The van der Waals surface area contributed by atoms with Crippen molar-refractivity contribution in [2.45, 2.75) is 19.4 Å². The monoisotopic (exact) mass is 323 g/mol. The van der Waals surface area contributed by atoms with E-state index in [1.54, 1.807) is 24.3 Å². The van der Waals surface area contributed by atoms with Crippen LogP contribution in [0.5, 0.6) is 0 Å².